The Hall–Kier alpha value is -2.29. The van der Waals surface area contributed by atoms with Crippen LogP contribution in [0.2, 0.25) is 0 Å². The van der Waals surface area contributed by atoms with Crippen LogP contribution in [0.25, 0.3) is 0 Å². The molecule has 0 fully saturated rings. The number of carbonyl (C=O) groups is 1. The molecule has 0 aliphatic carbocycles. The Labute approximate surface area is 139 Å². The van der Waals surface area contributed by atoms with Gasteiger partial charge in [-0.1, -0.05) is 55.8 Å². The first-order valence-electron chi connectivity index (χ1n) is 8.32. The van der Waals surface area contributed by atoms with Gasteiger partial charge in [0.25, 0.3) is 0 Å². The number of anilines is 1. The minimum atomic E-state index is -0.175. The fraction of sp³-hybridized carbons (Fsp3) is 0.350. The van der Waals surface area contributed by atoms with E-state index in [4.69, 9.17) is 0 Å². The Morgan fingerprint density at radius 3 is 2.52 bits per heavy atom. The number of unbranched alkanes of at least 4 members (excludes halogenated alkanes) is 1. The van der Waals surface area contributed by atoms with Gasteiger partial charge in [0.05, 0.1) is 6.04 Å². The van der Waals surface area contributed by atoms with E-state index < -0.39 is 0 Å². The van der Waals surface area contributed by atoms with Crippen LogP contribution in [0.3, 0.4) is 0 Å². The summed E-state index contributed by atoms with van der Waals surface area (Å²) < 4.78 is 0. The van der Waals surface area contributed by atoms with E-state index in [1.54, 1.807) is 0 Å². The van der Waals surface area contributed by atoms with Crippen molar-refractivity contribution in [1.29, 1.82) is 0 Å². The van der Waals surface area contributed by atoms with Crippen LogP contribution in [0.15, 0.2) is 48.5 Å². The van der Waals surface area contributed by atoms with Crippen molar-refractivity contribution in [3.05, 3.63) is 65.2 Å². The predicted octanol–water partition coefficient (Wildman–Crippen LogP) is 5.22. The van der Waals surface area contributed by atoms with Gasteiger partial charge in [-0.15, -0.1) is 0 Å². The normalized spacial score (nSPS) is 11.8. The molecule has 23 heavy (non-hydrogen) atoms. The fourth-order valence-electron chi connectivity index (χ4n) is 2.58. The summed E-state index contributed by atoms with van der Waals surface area (Å²) in [6.45, 7) is 6.21. The van der Waals surface area contributed by atoms with Crippen LogP contribution in [-0.2, 0) is 6.42 Å². The highest BCUT2D eigenvalue weighted by Crippen LogP contribution is 2.18. The van der Waals surface area contributed by atoms with E-state index in [0.29, 0.717) is 0 Å². The molecular formula is C20H26N2O. The van der Waals surface area contributed by atoms with Gasteiger partial charge in [-0.2, -0.15) is 0 Å². The molecule has 2 aromatic carbocycles. The second kappa shape index (κ2) is 8.37. The molecule has 0 saturated carbocycles. The molecule has 0 aliphatic heterocycles. The summed E-state index contributed by atoms with van der Waals surface area (Å²) in [7, 11) is 0. The fourth-order valence-corrected chi connectivity index (χ4v) is 2.58. The smallest absolute Gasteiger partial charge is 0.319 e. The van der Waals surface area contributed by atoms with Gasteiger partial charge in [0.1, 0.15) is 0 Å². The molecule has 2 amide bonds. The number of hydrogen-bond acceptors (Lipinski definition) is 1. The molecule has 0 aromatic heterocycles. The monoisotopic (exact) mass is 310 g/mol. The van der Waals surface area contributed by atoms with Crippen molar-refractivity contribution in [2.24, 2.45) is 0 Å². The van der Waals surface area contributed by atoms with Gasteiger partial charge < -0.3 is 10.6 Å². The zero-order valence-corrected chi connectivity index (χ0v) is 14.2. The maximum atomic E-state index is 12.2. The third-order valence-corrected chi connectivity index (χ3v) is 4.01. The molecule has 0 radical (unpaired) electrons. The highest BCUT2D eigenvalue weighted by molar-refractivity contribution is 5.90. The molecule has 0 bridgehead atoms. The van der Waals surface area contributed by atoms with E-state index in [1.807, 2.05) is 50.2 Å². The maximum Gasteiger partial charge on any atom is 0.319 e. The van der Waals surface area contributed by atoms with Crippen molar-refractivity contribution in [3.63, 3.8) is 0 Å². The van der Waals surface area contributed by atoms with Gasteiger partial charge in [0.15, 0.2) is 0 Å². The summed E-state index contributed by atoms with van der Waals surface area (Å²) >= 11 is 0. The molecule has 2 aromatic rings. The lowest BCUT2D eigenvalue weighted by Gasteiger charge is -2.16. The Bertz CT molecular complexity index is 637. The third kappa shape index (κ3) is 5.13. The van der Waals surface area contributed by atoms with Crippen LogP contribution in [0.4, 0.5) is 10.5 Å². The average Bonchev–Trinajstić information content (AvgIpc) is 2.56. The lowest BCUT2D eigenvalue weighted by molar-refractivity contribution is 0.249. The van der Waals surface area contributed by atoms with Gasteiger partial charge >= 0.3 is 6.03 Å². The summed E-state index contributed by atoms with van der Waals surface area (Å²) in [5.74, 6) is 0. The second-order valence-electron chi connectivity index (χ2n) is 5.98. The summed E-state index contributed by atoms with van der Waals surface area (Å²) in [6, 6.07) is 16.0. The first kappa shape index (κ1) is 17.1. The quantitative estimate of drug-likeness (QED) is 0.754. The van der Waals surface area contributed by atoms with Crippen molar-refractivity contribution < 1.29 is 4.79 Å². The number of nitrogens with one attached hydrogen (secondary N) is 2. The first-order chi connectivity index (χ1) is 11.1. The van der Waals surface area contributed by atoms with Crippen molar-refractivity contribution >= 4 is 11.7 Å². The van der Waals surface area contributed by atoms with Crippen LogP contribution in [0, 0.1) is 6.92 Å². The van der Waals surface area contributed by atoms with E-state index >= 15 is 0 Å². The first-order valence-corrected chi connectivity index (χ1v) is 8.32. The van der Waals surface area contributed by atoms with Crippen molar-refractivity contribution in [2.75, 3.05) is 5.32 Å². The minimum absolute atomic E-state index is 0.0275. The van der Waals surface area contributed by atoms with Gasteiger partial charge in [-0.05, 0) is 49.4 Å². The number of benzene rings is 2. The average molecular weight is 310 g/mol. The van der Waals surface area contributed by atoms with Crippen LogP contribution in [0.5, 0.6) is 0 Å². The van der Waals surface area contributed by atoms with Gasteiger partial charge in [-0.25, -0.2) is 4.79 Å². The van der Waals surface area contributed by atoms with E-state index in [0.717, 1.165) is 23.2 Å². The third-order valence-electron chi connectivity index (χ3n) is 4.01. The molecule has 0 heterocycles. The van der Waals surface area contributed by atoms with E-state index in [9.17, 15) is 4.79 Å². The molecule has 2 N–H and O–H groups in total. The number of hydrogen-bond donors (Lipinski definition) is 2. The predicted molar refractivity (Wildman–Crippen MR) is 96.8 cm³/mol. The molecule has 2 rings (SSSR count). The minimum Gasteiger partial charge on any atom is -0.331 e. The topological polar surface area (TPSA) is 41.1 Å². The molecule has 0 saturated heterocycles. The Kier molecular flexibility index (Phi) is 6.21. The summed E-state index contributed by atoms with van der Waals surface area (Å²) in [5, 5.41) is 5.91. The highest BCUT2D eigenvalue weighted by Gasteiger charge is 2.10. The second-order valence-corrected chi connectivity index (χ2v) is 5.98. The van der Waals surface area contributed by atoms with Crippen LogP contribution in [0.1, 0.15) is 49.4 Å². The SMILES string of the molecule is CCCCc1ccc(NC(=O)NC(C)c2ccccc2)c(C)c1. The zero-order valence-electron chi connectivity index (χ0n) is 14.2. The Balaban J connectivity index is 1.95. The van der Waals surface area contributed by atoms with Crippen molar-refractivity contribution in [3.8, 4) is 0 Å². The summed E-state index contributed by atoms with van der Waals surface area (Å²) in [5.41, 5.74) is 4.38. The molecular weight excluding hydrogens is 284 g/mol. The Morgan fingerprint density at radius 2 is 1.87 bits per heavy atom. The molecule has 0 spiro atoms. The Morgan fingerprint density at radius 1 is 1.13 bits per heavy atom. The number of amides is 2. The van der Waals surface area contributed by atoms with E-state index in [2.05, 4.69) is 29.7 Å². The molecule has 1 atom stereocenters. The van der Waals surface area contributed by atoms with Crippen molar-refractivity contribution in [2.45, 2.75) is 46.1 Å². The van der Waals surface area contributed by atoms with E-state index in [-0.39, 0.29) is 12.1 Å². The lowest BCUT2D eigenvalue weighted by atomic mass is 10.0. The number of aryl methyl sites for hydroxylation is 2. The van der Waals surface area contributed by atoms with Gasteiger partial charge in [0.2, 0.25) is 0 Å². The number of carbonyl (C=O) groups excluding carboxylic acids is 1. The molecule has 3 nitrogen and oxygen atoms in total. The number of urea groups is 1. The highest BCUT2D eigenvalue weighted by atomic mass is 16.2. The van der Waals surface area contributed by atoms with Gasteiger partial charge in [0, 0.05) is 5.69 Å². The summed E-state index contributed by atoms with van der Waals surface area (Å²) in [4.78, 5) is 12.2. The van der Waals surface area contributed by atoms with Crippen LogP contribution < -0.4 is 10.6 Å². The summed E-state index contributed by atoms with van der Waals surface area (Å²) in [6.07, 6.45) is 3.48. The van der Waals surface area contributed by atoms with Crippen LogP contribution in [-0.4, -0.2) is 6.03 Å². The lowest BCUT2D eigenvalue weighted by Crippen LogP contribution is -2.31. The van der Waals surface area contributed by atoms with Crippen LogP contribution >= 0.6 is 0 Å². The largest absolute Gasteiger partial charge is 0.331 e. The molecule has 3 heteroatoms. The van der Waals surface area contributed by atoms with Crippen molar-refractivity contribution in [1.82, 2.24) is 5.32 Å². The van der Waals surface area contributed by atoms with Gasteiger partial charge in [-0.3, -0.25) is 0 Å². The standard InChI is InChI=1S/C20H26N2O/c1-4-5-9-17-12-13-19(15(2)14-17)22-20(23)21-16(3)18-10-7-6-8-11-18/h6-8,10-14,16H,4-5,9H2,1-3H3,(H2,21,22,23). The number of rotatable bonds is 6. The zero-order chi connectivity index (χ0) is 16.7. The maximum absolute atomic E-state index is 12.2. The van der Waals surface area contributed by atoms with E-state index in [1.165, 1.54) is 18.4 Å². The molecule has 122 valence electrons. The molecule has 1 unspecified atom stereocenters. The molecule has 0 aliphatic rings.